The summed E-state index contributed by atoms with van der Waals surface area (Å²) in [5.41, 5.74) is 0. The fraction of sp³-hybridized carbons (Fsp3) is 1.00. The van der Waals surface area contributed by atoms with Crippen LogP contribution in [0.25, 0.3) is 0 Å². The van der Waals surface area contributed by atoms with Crippen molar-refractivity contribution < 1.29 is 26.2 Å². The van der Waals surface area contributed by atoms with Crippen LogP contribution in [-0.2, 0) is 10.1 Å². The Morgan fingerprint density at radius 3 is 1.55 bits per heavy atom. The highest BCUT2D eigenvalue weighted by Gasteiger charge is 2.16. The van der Waals surface area contributed by atoms with E-state index in [4.69, 9.17) is 0 Å². The van der Waals surface area contributed by atoms with Gasteiger partial charge in [0.25, 0.3) is 0 Å². The molecule has 0 atom stereocenters. The Balaban J connectivity index is 0. The average Bonchev–Trinajstić information content (AvgIpc) is 2.45. The topological polar surface area (TPSA) is 57.2 Å². The molecule has 0 heterocycles. The van der Waals surface area contributed by atoms with Gasteiger partial charge in [-0.2, -0.15) is 0 Å². The molecule has 0 aromatic carbocycles. The van der Waals surface area contributed by atoms with Crippen LogP contribution >= 0.6 is 0 Å². The monoisotopic (exact) mass is 345 g/mol. The normalized spacial score (nSPS) is 12.2. The van der Waals surface area contributed by atoms with Gasteiger partial charge in [-0.05, 0) is 40.5 Å². The number of halogens is 2. The van der Waals surface area contributed by atoms with E-state index < -0.39 is 16.5 Å². The number of alkyl halides is 2. The Morgan fingerprint density at radius 1 is 0.864 bits per heavy atom. The molecule has 22 heavy (non-hydrogen) atoms. The molecule has 0 spiro atoms. The predicted molar refractivity (Wildman–Crippen MR) is 86.1 cm³/mol. The molecule has 4 nitrogen and oxygen atoms in total. The van der Waals surface area contributed by atoms with Crippen molar-refractivity contribution in [2.24, 2.45) is 0 Å². The van der Waals surface area contributed by atoms with Crippen molar-refractivity contribution in [2.75, 3.05) is 31.9 Å². The van der Waals surface area contributed by atoms with Crippen molar-refractivity contribution in [3.05, 3.63) is 0 Å². The van der Waals surface area contributed by atoms with Crippen molar-refractivity contribution in [1.29, 1.82) is 0 Å². The van der Waals surface area contributed by atoms with E-state index >= 15 is 0 Å². The van der Waals surface area contributed by atoms with E-state index in [1.807, 2.05) is 0 Å². The van der Waals surface area contributed by atoms with Gasteiger partial charge in [0.2, 0.25) is 6.43 Å². The summed E-state index contributed by atoms with van der Waals surface area (Å²) in [6.45, 7) is 14.2. The van der Waals surface area contributed by atoms with Crippen molar-refractivity contribution in [1.82, 2.24) is 0 Å². The second-order valence-electron chi connectivity index (χ2n) is 5.46. The number of rotatable bonds is 11. The number of nitrogens with zero attached hydrogens (tertiary/aromatic N) is 1. The first-order valence-corrected chi connectivity index (χ1v) is 9.80. The molecule has 0 fully saturated rings. The van der Waals surface area contributed by atoms with Crippen LogP contribution in [0.5, 0.6) is 0 Å². The SMILES string of the molecule is CC[N+](CC)(CC)CC.O=S(=O)([O-])CCCCCCC(F)F. The molecule has 0 N–H and O–H groups in total. The van der Waals surface area contributed by atoms with Gasteiger partial charge in [0.15, 0.2) is 0 Å². The Morgan fingerprint density at radius 2 is 1.27 bits per heavy atom. The van der Waals surface area contributed by atoms with Gasteiger partial charge in [-0.1, -0.05) is 12.8 Å². The van der Waals surface area contributed by atoms with Crippen molar-refractivity contribution in [3.63, 3.8) is 0 Å². The molecule has 0 aliphatic carbocycles. The summed E-state index contributed by atoms with van der Waals surface area (Å²) in [7, 11) is -4.13. The highest BCUT2D eigenvalue weighted by molar-refractivity contribution is 7.85. The Labute approximate surface area is 135 Å². The van der Waals surface area contributed by atoms with Gasteiger partial charge in [0.05, 0.1) is 36.3 Å². The maximum Gasteiger partial charge on any atom is 0.238 e. The molecule has 0 bridgehead atoms. The quantitative estimate of drug-likeness (QED) is 0.326. The molecule has 0 rings (SSSR count). The maximum absolute atomic E-state index is 11.6. The fourth-order valence-corrected chi connectivity index (χ4v) is 2.83. The number of quaternary nitrogens is 1. The third kappa shape index (κ3) is 14.7. The second-order valence-corrected chi connectivity index (χ2v) is 6.99. The fourth-order valence-electron chi connectivity index (χ4n) is 2.27. The van der Waals surface area contributed by atoms with Crippen LogP contribution in [0.2, 0.25) is 0 Å². The third-order valence-electron chi connectivity index (χ3n) is 4.25. The predicted octanol–water partition coefficient (Wildman–Crippen LogP) is 3.63. The summed E-state index contributed by atoms with van der Waals surface area (Å²) < 4.78 is 54.7. The molecule has 0 unspecified atom stereocenters. The molecule has 0 radical (unpaired) electrons. The summed E-state index contributed by atoms with van der Waals surface area (Å²) in [5.74, 6) is -0.387. The maximum atomic E-state index is 11.6. The summed E-state index contributed by atoms with van der Waals surface area (Å²) in [4.78, 5) is 0. The summed E-state index contributed by atoms with van der Waals surface area (Å²) in [6.07, 6.45) is -0.702. The van der Waals surface area contributed by atoms with Crippen LogP contribution in [0, 0.1) is 0 Å². The van der Waals surface area contributed by atoms with E-state index in [1.165, 1.54) is 30.7 Å². The Hall–Kier alpha value is -0.270. The van der Waals surface area contributed by atoms with Crippen LogP contribution < -0.4 is 0 Å². The average molecular weight is 345 g/mol. The number of hydrogen-bond donors (Lipinski definition) is 0. The van der Waals surface area contributed by atoms with Crippen LogP contribution in [-0.4, -0.2) is 55.8 Å². The summed E-state index contributed by atoms with van der Waals surface area (Å²) >= 11 is 0. The van der Waals surface area contributed by atoms with Gasteiger partial charge in [0.1, 0.15) is 0 Å². The zero-order valence-corrected chi connectivity index (χ0v) is 15.3. The lowest BCUT2D eigenvalue weighted by Crippen LogP contribution is -2.47. The van der Waals surface area contributed by atoms with E-state index in [2.05, 4.69) is 27.7 Å². The Kier molecular flexibility index (Phi) is 14.4. The second kappa shape index (κ2) is 13.2. The van der Waals surface area contributed by atoms with Crippen LogP contribution in [0.3, 0.4) is 0 Å². The van der Waals surface area contributed by atoms with Crippen molar-refractivity contribution in [2.45, 2.75) is 66.2 Å². The number of unbranched alkanes of at least 4 members (excludes halogenated alkanes) is 3. The molecule has 0 saturated carbocycles. The zero-order valence-electron chi connectivity index (χ0n) is 14.5. The van der Waals surface area contributed by atoms with Crippen LogP contribution in [0.1, 0.15) is 59.8 Å². The van der Waals surface area contributed by atoms with E-state index in [9.17, 15) is 21.8 Å². The van der Waals surface area contributed by atoms with Crippen molar-refractivity contribution >= 4 is 10.1 Å². The first kappa shape index (κ1) is 24.0. The molecular weight excluding hydrogens is 312 g/mol. The lowest BCUT2D eigenvalue weighted by atomic mass is 10.2. The molecule has 7 heteroatoms. The zero-order chi connectivity index (χ0) is 17.6. The van der Waals surface area contributed by atoms with Gasteiger partial charge in [-0.3, -0.25) is 0 Å². The van der Waals surface area contributed by atoms with Gasteiger partial charge < -0.3 is 9.04 Å². The minimum atomic E-state index is -4.13. The van der Waals surface area contributed by atoms with Gasteiger partial charge in [-0.15, -0.1) is 0 Å². The standard InChI is InChI=1S/C8H20N.C7H14F2O3S/c1-5-9(6-2,7-3)8-4;8-7(9)5-3-1-2-4-6-13(10,11)12/h5-8H2,1-4H3;7H,1-6H2,(H,10,11,12)/q+1;/p-1. The molecule has 0 aromatic rings. The molecule has 0 aliphatic heterocycles. The largest absolute Gasteiger partial charge is 0.748 e. The smallest absolute Gasteiger partial charge is 0.238 e. The highest BCUT2D eigenvalue weighted by Crippen LogP contribution is 2.09. The molecule has 0 amide bonds. The summed E-state index contributed by atoms with van der Waals surface area (Å²) in [6, 6.07) is 0. The molecule has 0 saturated heterocycles. The van der Waals surface area contributed by atoms with E-state index in [0.29, 0.717) is 19.3 Å². The summed E-state index contributed by atoms with van der Waals surface area (Å²) in [5, 5.41) is 0. The molecule has 0 aliphatic rings. The van der Waals surface area contributed by atoms with Gasteiger partial charge in [-0.25, -0.2) is 17.2 Å². The highest BCUT2D eigenvalue weighted by atomic mass is 32.2. The van der Waals surface area contributed by atoms with E-state index in [-0.39, 0.29) is 18.6 Å². The van der Waals surface area contributed by atoms with E-state index in [0.717, 1.165) is 0 Å². The van der Waals surface area contributed by atoms with Crippen LogP contribution in [0.15, 0.2) is 0 Å². The minimum absolute atomic E-state index is 0.149. The first-order chi connectivity index (χ1) is 10.2. The lowest BCUT2D eigenvalue weighted by molar-refractivity contribution is -0.921. The molecule has 136 valence electrons. The first-order valence-electron chi connectivity index (χ1n) is 8.23. The van der Waals surface area contributed by atoms with Gasteiger partial charge >= 0.3 is 0 Å². The Bertz CT molecular complexity index is 327. The third-order valence-corrected chi connectivity index (χ3v) is 5.04. The van der Waals surface area contributed by atoms with Gasteiger partial charge in [0, 0.05) is 12.2 Å². The lowest BCUT2D eigenvalue weighted by Gasteiger charge is -2.34. The van der Waals surface area contributed by atoms with Crippen LogP contribution in [0.4, 0.5) is 8.78 Å². The van der Waals surface area contributed by atoms with E-state index in [1.54, 1.807) is 0 Å². The minimum Gasteiger partial charge on any atom is -0.748 e. The number of hydrogen-bond acceptors (Lipinski definition) is 3. The van der Waals surface area contributed by atoms with Crippen molar-refractivity contribution in [3.8, 4) is 0 Å². The molecule has 0 aromatic heterocycles. The molecular formula is C15H33F2NO3S.